The standard InChI is InChI=1S/C16H14N6/c17-9-11-1-3-12(4-2-11)10-18-14-7-8-15-19-20-16(13-5-6-13)22(15)21-14/h1-4,7-8,13H,5-6,10H2,(H,18,21). The maximum atomic E-state index is 8.80. The number of anilines is 1. The van der Waals surface area contributed by atoms with E-state index in [0.29, 0.717) is 18.0 Å². The van der Waals surface area contributed by atoms with Gasteiger partial charge in [0.2, 0.25) is 0 Å². The van der Waals surface area contributed by atoms with E-state index < -0.39 is 0 Å². The van der Waals surface area contributed by atoms with Crippen LogP contribution in [-0.2, 0) is 6.54 Å². The fraction of sp³-hybridized carbons (Fsp3) is 0.250. The summed E-state index contributed by atoms with van der Waals surface area (Å²) in [4.78, 5) is 0. The van der Waals surface area contributed by atoms with Crippen LogP contribution >= 0.6 is 0 Å². The molecule has 0 spiro atoms. The summed E-state index contributed by atoms with van der Waals surface area (Å²) in [6.45, 7) is 0.658. The minimum atomic E-state index is 0.510. The lowest BCUT2D eigenvalue weighted by atomic mass is 10.1. The van der Waals surface area contributed by atoms with Gasteiger partial charge in [-0.2, -0.15) is 9.78 Å². The lowest BCUT2D eigenvalue weighted by Gasteiger charge is -2.06. The summed E-state index contributed by atoms with van der Waals surface area (Å²) < 4.78 is 1.83. The molecule has 1 N–H and O–H groups in total. The minimum absolute atomic E-state index is 0.510. The van der Waals surface area contributed by atoms with Crippen LogP contribution < -0.4 is 5.32 Å². The van der Waals surface area contributed by atoms with E-state index >= 15 is 0 Å². The van der Waals surface area contributed by atoms with Crippen molar-refractivity contribution < 1.29 is 0 Å². The number of hydrogen-bond acceptors (Lipinski definition) is 5. The van der Waals surface area contributed by atoms with Gasteiger partial charge >= 0.3 is 0 Å². The second-order valence-electron chi connectivity index (χ2n) is 5.48. The van der Waals surface area contributed by atoms with Crippen LogP contribution in [0.2, 0.25) is 0 Å². The molecule has 6 nitrogen and oxygen atoms in total. The van der Waals surface area contributed by atoms with Crippen molar-refractivity contribution in [1.29, 1.82) is 5.26 Å². The van der Waals surface area contributed by atoms with Crippen molar-refractivity contribution in [2.24, 2.45) is 0 Å². The number of nitrogens with one attached hydrogen (secondary N) is 1. The Balaban J connectivity index is 1.53. The molecule has 0 radical (unpaired) electrons. The van der Waals surface area contributed by atoms with E-state index in [1.165, 1.54) is 12.8 Å². The number of nitrogens with zero attached hydrogens (tertiary/aromatic N) is 5. The highest BCUT2D eigenvalue weighted by atomic mass is 15.4. The minimum Gasteiger partial charge on any atom is -0.365 e. The van der Waals surface area contributed by atoms with Gasteiger partial charge in [0.05, 0.1) is 11.6 Å². The Labute approximate surface area is 127 Å². The molecule has 0 unspecified atom stereocenters. The van der Waals surface area contributed by atoms with Crippen LogP contribution in [-0.4, -0.2) is 19.8 Å². The molecule has 0 saturated heterocycles. The van der Waals surface area contributed by atoms with Crippen LogP contribution in [0.5, 0.6) is 0 Å². The highest BCUT2D eigenvalue weighted by Crippen LogP contribution is 2.38. The number of aromatic nitrogens is 4. The van der Waals surface area contributed by atoms with Crippen LogP contribution in [0.3, 0.4) is 0 Å². The topological polar surface area (TPSA) is 78.9 Å². The third kappa shape index (κ3) is 2.37. The third-order valence-corrected chi connectivity index (χ3v) is 3.79. The van der Waals surface area contributed by atoms with E-state index in [0.717, 1.165) is 22.9 Å². The number of hydrogen-bond donors (Lipinski definition) is 1. The van der Waals surface area contributed by atoms with E-state index in [4.69, 9.17) is 5.26 Å². The lowest BCUT2D eigenvalue weighted by molar-refractivity contribution is 0.814. The number of fused-ring (bicyclic) bond motifs is 1. The number of rotatable bonds is 4. The third-order valence-electron chi connectivity index (χ3n) is 3.79. The molecular formula is C16H14N6. The molecule has 3 aromatic rings. The molecule has 108 valence electrons. The van der Waals surface area contributed by atoms with Gasteiger partial charge in [0.25, 0.3) is 0 Å². The quantitative estimate of drug-likeness (QED) is 0.798. The molecular weight excluding hydrogens is 276 g/mol. The smallest absolute Gasteiger partial charge is 0.178 e. The average Bonchev–Trinajstić information content (AvgIpc) is 3.33. The summed E-state index contributed by atoms with van der Waals surface area (Å²) in [5, 5.41) is 25.1. The zero-order valence-electron chi connectivity index (χ0n) is 11.9. The average molecular weight is 290 g/mol. The Hall–Kier alpha value is -2.94. The van der Waals surface area contributed by atoms with Crippen molar-refractivity contribution in [3.8, 4) is 6.07 Å². The Morgan fingerprint density at radius 3 is 2.68 bits per heavy atom. The lowest BCUT2D eigenvalue weighted by Crippen LogP contribution is -2.05. The summed E-state index contributed by atoms with van der Waals surface area (Å²) in [5.74, 6) is 2.26. The first kappa shape index (κ1) is 12.8. The van der Waals surface area contributed by atoms with Gasteiger partial charge in [-0.05, 0) is 42.7 Å². The highest BCUT2D eigenvalue weighted by Gasteiger charge is 2.29. The summed E-state index contributed by atoms with van der Waals surface area (Å²) in [7, 11) is 0. The van der Waals surface area contributed by atoms with Gasteiger partial charge in [-0.15, -0.1) is 15.3 Å². The van der Waals surface area contributed by atoms with Crippen LogP contribution in [0, 0.1) is 11.3 Å². The van der Waals surface area contributed by atoms with Crippen molar-refractivity contribution in [2.75, 3.05) is 5.32 Å². The van der Waals surface area contributed by atoms with Gasteiger partial charge in [-0.1, -0.05) is 12.1 Å². The highest BCUT2D eigenvalue weighted by molar-refractivity contribution is 5.45. The first-order chi connectivity index (χ1) is 10.8. The van der Waals surface area contributed by atoms with E-state index in [9.17, 15) is 0 Å². The molecule has 0 amide bonds. The monoisotopic (exact) mass is 290 g/mol. The molecule has 1 aliphatic carbocycles. The molecule has 6 heteroatoms. The van der Waals surface area contributed by atoms with Crippen molar-refractivity contribution >= 4 is 11.5 Å². The van der Waals surface area contributed by atoms with E-state index in [-0.39, 0.29) is 0 Å². The predicted octanol–water partition coefficient (Wildman–Crippen LogP) is 2.49. The second-order valence-corrected chi connectivity index (χ2v) is 5.48. The SMILES string of the molecule is N#Cc1ccc(CNc2ccc3nnc(C4CC4)n3n2)cc1. The largest absolute Gasteiger partial charge is 0.365 e. The molecule has 1 saturated carbocycles. The Morgan fingerprint density at radius 2 is 1.95 bits per heavy atom. The number of nitriles is 1. The van der Waals surface area contributed by atoms with E-state index in [1.54, 1.807) is 0 Å². The second kappa shape index (κ2) is 5.11. The fourth-order valence-corrected chi connectivity index (χ4v) is 2.39. The fourth-order valence-electron chi connectivity index (χ4n) is 2.39. The van der Waals surface area contributed by atoms with Crippen LogP contribution in [0.4, 0.5) is 5.82 Å². The predicted molar refractivity (Wildman–Crippen MR) is 81.2 cm³/mol. The molecule has 2 heterocycles. The van der Waals surface area contributed by atoms with Crippen molar-refractivity contribution in [2.45, 2.75) is 25.3 Å². The Morgan fingerprint density at radius 1 is 1.14 bits per heavy atom. The van der Waals surface area contributed by atoms with Gasteiger partial charge in [0, 0.05) is 12.5 Å². The van der Waals surface area contributed by atoms with E-state index in [2.05, 4.69) is 26.7 Å². The molecule has 1 aliphatic rings. The van der Waals surface area contributed by atoms with Crippen molar-refractivity contribution in [1.82, 2.24) is 19.8 Å². The molecule has 22 heavy (non-hydrogen) atoms. The Kier molecular flexibility index (Phi) is 2.97. The molecule has 0 atom stereocenters. The first-order valence-electron chi connectivity index (χ1n) is 7.29. The molecule has 2 aromatic heterocycles. The van der Waals surface area contributed by atoms with Gasteiger partial charge < -0.3 is 5.32 Å². The Bertz CT molecular complexity index is 854. The zero-order chi connectivity index (χ0) is 14.9. The van der Waals surface area contributed by atoms with Crippen LogP contribution in [0.15, 0.2) is 36.4 Å². The van der Waals surface area contributed by atoms with E-state index in [1.807, 2.05) is 40.9 Å². The summed E-state index contributed by atoms with van der Waals surface area (Å²) >= 11 is 0. The van der Waals surface area contributed by atoms with Crippen molar-refractivity contribution in [3.05, 3.63) is 53.3 Å². The number of benzene rings is 1. The normalized spacial score (nSPS) is 14.0. The van der Waals surface area contributed by atoms with Crippen molar-refractivity contribution in [3.63, 3.8) is 0 Å². The molecule has 1 fully saturated rings. The molecule has 0 bridgehead atoms. The van der Waals surface area contributed by atoms with Crippen LogP contribution in [0.25, 0.3) is 5.65 Å². The maximum absolute atomic E-state index is 8.80. The first-order valence-corrected chi connectivity index (χ1v) is 7.29. The summed E-state index contributed by atoms with van der Waals surface area (Å²) in [6.07, 6.45) is 2.34. The van der Waals surface area contributed by atoms with Crippen LogP contribution in [0.1, 0.15) is 35.7 Å². The zero-order valence-corrected chi connectivity index (χ0v) is 11.9. The van der Waals surface area contributed by atoms with Gasteiger partial charge in [0.15, 0.2) is 11.5 Å². The molecule has 0 aliphatic heterocycles. The summed E-state index contributed by atoms with van der Waals surface area (Å²) in [5.41, 5.74) is 2.56. The summed E-state index contributed by atoms with van der Waals surface area (Å²) in [6, 6.07) is 13.5. The van der Waals surface area contributed by atoms with Gasteiger partial charge in [0.1, 0.15) is 5.82 Å². The molecule has 1 aromatic carbocycles. The molecule has 4 rings (SSSR count). The van der Waals surface area contributed by atoms with Gasteiger partial charge in [-0.25, -0.2) is 0 Å². The maximum Gasteiger partial charge on any atom is 0.178 e. The van der Waals surface area contributed by atoms with Gasteiger partial charge in [-0.3, -0.25) is 0 Å².